The minimum absolute atomic E-state index is 0.0149. The van der Waals surface area contributed by atoms with Crippen molar-refractivity contribution in [3.63, 3.8) is 0 Å². The number of anilines is 4. The van der Waals surface area contributed by atoms with Crippen LogP contribution in [0, 0.1) is 0 Å². The van der Waals surface area contributed by atoms with Crippen LogP contribution in [0.15, 0.2) is 102 Å². The third-order valence-corrected chi connectivity index (χ3v) is 9.80. The van der Waals surface area contributed by atoms with Crippen LogP contribution >= 0.6 is 11.6 Å². The van der Waals surface area contributed by atoms with Crippen LogP contribution in [0.4, 0.5) is 27.9 Å². The third-order valence-electron chi connectivity index (χ3n) is 8.37. The molecule has 2 heterocycles. The van der Waals surface area contributed by atoms with Crippen molar-refractivity contribution in [2.75, 3.05) is 21.8 Å². The third kappa shape index (κ3) is 7.95. The first-order valence-electron chi connectivity index (χ1n) is 15.7. The first-order chi connectivity index (χ1) is 23.1. The largest absolute Gasteiger partial charge is 0.351 e. The molecule has 1 saturated carbocycles. The molecule has 0 unspecified atom stereocenters. The van der Waals surface area contributed by atoms with E-state index in [1.54, 1.807) is 22.9 Å². The second-order valence-electron chi connectivity index (χ2n) is 11.9. The maximum absolute atomic E-state index is 13.8. The molecule has 0 atom stereocenters. The van der Waals surface area contributed by atoms with Crippen LogP contribution in [-0.4, -0.2) is 52.5 Å². The fourth-order valence-corrected chi connectivity index (χ4v) is 6.93. The standard InChI is InChI=1S/C35H37ClN8O3S/c1-43-23-26(21-39-43)25-12-16-28(17-13-25)44(35(45)38-20-24-8-4-3-5-9-24)29-18-14-27(15-19-29)40-34-37-22-30(36)33(42-34)41-31-10-6-7-11-32(31)48(2,46)47/h3-13,16-17,21-23,27,29H,14-15,18-20H2,1-2H3,(H,38,45)(H2,37,40,41,42)/t27-,29-. The Kier molecular flexibility index (Phi) is 9.93. The summed E-state index contributed by atoms with van der Waals surface area (Å²) in [6.07, 6.45) is 9.53. The molecule has 2 aromatic heterocycles. The summed E-state index contributed by atoms with van der Waals surface area (Å²) in [4.78, 5) is 24.7. The van der Waals surface area contributed by atoms with Crippen LogP contribution in [0.1, 0.15) is 31.2 Å². The fourth-order valence-electron chi connectivity index (χ4n) is 5.94. The van der Waals surface area contributed by atoms with Crippen molar-refractivity contribution in [3.8, 4) is 11.1 Å². The minimum Gasteiger partial charge on any atom is -0.351 e. The molecule has 1 aliphatic rings. The summed E-state index contributed by atoms with van der Waals surface area (Å²) < 4.78 is 26.4. The van der Waals surface area contributed by atoms with E-state index in [1.165, 1.54) is 12.3 Å². The van der Waals surface area contributed by atoms with Crippen LogP contribution in [0.5, 0.6) is 0 Å². The highest BCUT2D eigenvalue weighted by Gasteiger charge is 2.30. The predicted octanol–water partition coefficient (Wildman–Crippen LogP) is 6.82. The molecular weight excluding hydrogens is 648 g/mol. The number of para-hydroxylation sites is 1. The molecule has 3 N–H and O–H groups in total. The van der Waals surface area contributed by atoms with E-state index in [9.17, 15) is 13.2 Å². The Morgan fingerprint density at radius 1 is 0.938 bits per heavy atom. The highest BCUT2D eigenvalue weighted by molar-refractivity contribution is 7.90. The van der Waals surface area contributed by atoms with Crippen molar-refractivity contribution in [3.05, 3.63) is 108 Å². The Labute approximate surface area is 285 Å². The second kappa shape index (κ2) is 14.4. The normalized spacial score (nSPS) is 16.2. The first kappa shape index (κ1) is 33.0. The molecule has 0 aliphatic heterocycles. The Morgan fingerprint density at radius 3 is 2.33 bits per heavy atom. The SMILES string of the molecule is Cn1cc(-c2ccc(N(C(=O)NCc3ccccc3)[C@H]3CC[C@H](Nc4ncc(Cl)c(Nc5ccccc5S(C)(=O)=O)n4)CC3)cc2)cn1. The van der Waals surface area contributed by atoms with Gasteiger partial charge in [0.15, 0.2) is 15.7 Å². The number of amides is 2. The molecule has 0 bridgehead atoms. The molecule has 0 radical (unpaired) electrons. The molecule has 2 amide bonds. The second-order valence-corrected chi connectivity index (χ2v) is 14.3. The van der Waals surface area contributed by atoms with Crippen molar-refractivity contribution >= 4 is 50.6 Å². The molecule has 13 heteroatoms. The number of halogens is 1. The molecule has 3 aromatic carbocycles. The number of carbonyl (C=O) groups is 1. The maximum atomic E-state index is 13.8. The van der Waals surface area contributed by atoms with Crippen LogP contribution in [0.3, 0.4) is 0 Å². The lowest BCUT2D eigenvalue weighted by molar-refractivity contribution is 0.240. The van der Waals surface area contributed by atoms with Gasteiger partial charge in [0.2, 0.25) is 5.95 Å². The Bertz CT molecular complexity index is 1980. The number of benzene rings is 3. The molecule has 248 valence electrons. The van der Waals surface area contributed by atoms with Crippen molar-refractivity contribution in [2.24, 2.45) is 7.05 Å². The Morgan fingerprint density at radius 2 is 1.65 bits per heavy atom. The van der Waals surface area contributed by atoms with Crippen molar-refractivity contribution < 1.29 is 13.2 Å². The number of aryl methyl sites for hydroxylation is 1. The number of hydrogen-bond donors (Lipinski definition) is 3. The predicted molar refractivity (Wildman–Crippen MR) is 189 cm³/mol. The molecule has 48 heavy (non-hydrogen) atoms. The van der Waals surface area contributed by atoms with E-state index in [-0.39, 0.29) is 28.0 Å². The van der Waals surface area contributed by atoms with Crippen LogP contribution in [0.2, 0.25) is 5.02 Å². The number of urea groups is 1. The topological polar surface area (TPSA) is 134 Å². The average Bonchev–Trinajstić information content (AvgIpc) is 3.53. The lowest BCUT2D eigenvalue weighted by atomic mass is 9.90. The Hall–Kier alpha value is -4.94. The van der Waals surface area contributed by atoms with E-state index in [4.69, 9.17) is 11.6 Å². The molecule has 1 aliphatic carbocycles. The Balaban J connectivity index is 1.15. The summed E-state index contributed by atoms with van der Waals surface area (Å²) in [5.74, 6) is 0.681. The smallest absolute Gasteiger partial charge is 0.322 e. The number of rotatable bonds is 10. The van der Waals surface area contributed by atoms with E-state index >= 15 is 0 Å². The highest BCUT2D eigenvalue weighted by atomic mass is 35.5. The molecular formula is C35H37ClN8O3S. The number of sulfone groups is 1. The number of nitrogens with zero attached hydrogens (tertiary/aromatic N) is 5. The zero-order chi connectivity index (χ0) is 33.7. The summed E-state index contributed by atoms with van der Waals surface area (Å²) in [6.45, 7) is 0.430. The van der Waals surface area contributed by atoms with Gasteiger partial charge in [0.25, 0.3) is 0 Å². The van der Waals surface area contributed by atoms with E-state index in [2.05, 4.69) is 31.0 Å². The maximum Gasteiger partial charge on any atom is 0.322 e. The highest BCUT2D eigenvalue weighted by Crippen LogP contribution is 2.32. The van der Waals surface area contributed by atoms with Gasteiger partial charge in [-0.25, -0.2) is 18.2 Å². The van der Waals surface area contributed by atoms with Gasteiger partial charge in [-0.2, -0.15) is 10.1 Å². The van der Waals surface area contributed by atoms with Gasteiger partial charge in [-0.3, -0.25) is 9.58 Å². The molecule has 6 rings (SSSR count). The molecule has 5 aromatic rings. The zero-order valence-electron chi connectivity index (χ0n) is 26.7. The first-order valence-corrected chi connectivity index (χ1v) is 18.0. The van der Waals surface area contributed by atoms with E-state index in [1.807, 2.05) is 78.9 Å². The zero-order valence-corrected chi connectivity index (χ0v) is 28.2. The van der Waals surface area contributed by atoms with Gasteiger partial charge in [-0.15, -0.1) is 0 Å². The van der Waals surface area contributed by atoms with Crippen molar-refractivity contribution in [1.29, 1.82) is 0 Å². The van der Waals surface area contributed by atoms with Gasteiger partial charge >= 0.3 is 6.03 Å². The minimum atomic E-state index is -3.47. The lowest BCUT2D eigenvalue weighted by Crippen LogP contribution is -2.48. The monoisotopic (exact) mass is 684 g/mol. The van der Waals surface area contributed by atoms with Gasteiger partial charge < -0.3 is 16.0 Å². The van der Waals surface area contributed by atoms with E-state index in [0.717, 1.165) is 54.3 Å². The summed E-state index contributed by atoms with van der Waals surface area (Å²) in [6, 6.07) is 24.4. The van der Waals surface area contributed by atoms with Crippen LogP contribution in [-0.2, 0) is 23.4 Å². The molecule has 0 saturated heterocycles. The number of nitrogens with one attached hydrogen (secondary N) is 3. The quantitative estimate of drug-likeness (QED) is 0.146. The van der Waals surface area contributed by atoms with Gasteiger partial charge in [-0.05, 0) is 61.1 Å². The number of hydrogen-bond acceptors (Lipinski definition) is 8. The van der Waals surface area contributed by atoms with Crippen LogP contribution < -0.4 is 20.9 Å². The summed E-state index contributed by atoms with van der Waals surface area (Å²) >= 11 is 6.40. The number of aromatic nitrogens is 4. The summed E-state index contributed by atoms with van der Waals surface area (Å²) in [7, 11) is -1.58. The molecule has 0 spiro atoms. The van der Waals surface area contributed by atoms with Gasteiger partial charge in [-0.1, -0.05) is 66.2 Å². The summed E-state index contributed by atoms with van der Waals surface area (Å²) in [5, 5.41) is 14.1. The summed E-state index contributed by atoms with van der Waals surface area (Å²) in [5.41, 5.74) is 4.28. The van der Waals surface area contributed by atoms with Gasteiger partial charge in [0, 0.05) is 49.4 Å². The van der Waals surface area contributed by atoms with Gasteiger partial charge in [0.05, 0.1) is 23.0 Å². The lowest BCUT2D eigenvalue weighted by Gasteiger charge is -2.37. The average molecular weight is 685 g/mol. The molecule has 1 fully saturated rings. The van der Waals surface area contributed by atoms with E-state index in [0.29, 0.717) is 24.0 Å². The number of carbonyl (C=O) groups excluding carboxylic acids is 1. The molecule has 11 nitrogen and oxygen atoms in total. The van der Waals surface area contributed by atoms with E-state index < -0.39 is 9.84 Å². The fraction of sp³-hybridized carbons (Fsp3) is 0.257. The van der Waals surface area contributed by atoms with Crippen molar-refractivity contribution in [1.82, 2.24) is 25.1 Å². The van der Waals surface area contributed by atoms with Crippen molar-refractivity contribution in [2.45, 2.75) is 49.2 Å². The van der Waals surface area contributed by atoms with Crippen LogP contribution in [0.25, 0.3) is 11.1 Å². The van der Waals surface area contributed by atoms with Gasteiger partial charge in [0.1, 0.15) is 5.02 Å².